The van der Waals surface area contributed by atoms with Gasteiger partial charge in [0.25, 0.3) is 0 Å². The van der Waals surface area contributed by atoms with Gasteiger partial charge in [0, 0.05) is 25.4 Å². The standard InChI is InChI=1S/C19H25N3O3/c1-14-6-3-4-8-17(14)24-11-9-22(2)19(23)16-7-5-10-25-18(16)15-12-20-21-13-15/h3-4,6,8,12-13,16,18H,5,7,9-11H2,1-2H3,(H,20,21)/t16-,18+/m1/s1. The van der Waals surface area contributed by atoms with Crippen molar-refractivity contribution >= 4 is 5.91 Å². The van der Waals surface area contributed by atoms with Crippen LogP contribution in [-0.4, -0.2) is 47.8 Å². The van der Waals surface area contributed by atoms with Crippen molar-refractivity contribution in [1.29, 1.82) is 0 Å². The van der Waals surface area contributed by atoms with E-state index in [1.165, 1.54) is 0 Å². The average Bonchev–Trinajstić information content (AvgIpc) is 3.17. The number of ether oxygens (including phenoxy) is 2. The predicted octanol–water partition coefficient (Wildman–Crippen LogP) is 2.72. The third-order valence-electron chi connectivity index (χ3n) is 4.64. The SMILES string of the molecule is Cc1ccccc1OCCN(C)C(=O)[C@@H]1CCCO[C@H]1c1cn[nH]c1. The molecule has 1 saturated heterocycles. The summed E-state index contributed by atoms with van der Waals surface area (Å²) >= 11 is 0. The summed E-state index contributed by atoms with van der Waals surface area (Å²) in [6.07, 6.45) is 5.05. The highest BCUT2D eigenvalue weighted by Crippen LogP contribution is 2.34. The highest BCUT2D eigenvalue weighted by Gasteiger charge is 2.35. The smallest absolute Gasteiger partial charge is 0.228 e. The van der Waals surface area contributed by atoms with E-state index in [0.717, 1.165) is 29.7 Å². The fourth-order valence-corrected chi connectivity index (χ4v) is 3.18. The topological polar surface area (TPSA) is 67.4 Å². The van der Waals surface area contributed by atoms with Gasteiger partial charge in [-0.25, -0.2) is 0 Å². The Labute approximate surface area is 148 Å². The molecule has 6 nitrogen and oxygen atoms in total. The molecule has 1 amide bonds. The van der Waals surface area contributed by atoms with Gasteiger partial charge >= 0.3 is 0 Å². The maximum Gasteiger partial charge on any atom is 0.228 e. The molecule has 134 valence electrons. The van der Waals surface area contributed by atoms with Gasteiger partial charge in [0.2, 0.25) is 5.91 Å². The van der Waals surface area contributed by atoms with Gasteiger partial charge in [-0.2, -0.15) is 5.10 Å². The van der Waals surface area contributed by atoms with Crippen LogP contribution in [0.25, 0.3) is 0 Å². The number of carbonyl (C=O) groups excluding carboxylic acids is 1. The number of amides is 1. The Kier molecular flexibility index (Phi) is 5.71. The maximum atomic E-state index is 12.9. The van der Waals surface area contributed by atoms with Crippen LogP contribution in [0.2, 0.25) is 0 Å². The monoisotopic (exact) mass is 343 g/mol. The molecule has 0 radical (unpaired) electrons. The Morgan fingerprint density at radius 3 is 3.04 bits per heavy atom. The average molecular weight is 343 g/mol. The molecular weight excluding hydrogens is 318 g/mol. The molecule has 0 saturated carbocycles. The number of benzene rings is 1. The highest BCUT2D eigenvalue weighted by molar-refractivity contribution is 5.79. The molecule has 1 N–H and O–H groups in total. The Morgan fingerprint density at radius 2 is 2.28 bits per heavy atom. The van der Waals surface area contributed by atoms with Crippen molar-refractivity contribution in [2.24, 2.45) is 5.92 Å². The third kappa shape index (κ3) is 4.20. The summed E-state index contributed by atoms with van der Waals surface area (Å²) in [6, 6.07) is 7.89. The lowest BCUT2D eigenvalue weighted by atomic mass is 9.89. The van der Waals surface area contributed by atoms with Crippen molar-refractivity contribution in [2.45, 2.75) is 25.9 Å². The number of nitrogens with zero attached hydrogens (tertiary/aromatic N) is 2. The molecule has 25 heavy (non-hydrogen) atoms. The molecule has 1 aliphatic heterocycles. The summed E-state index contributed by atoms with van der Waals surface area (Å²) in [5.74, 6) is 0.787. The predicted molar refractivity (Wildman–Crippen MR) is 94.3 cm³/mol. The maximum absolute atomic E-state index is 12.9. The number of aromatic nitrogens is 2. The van der Waals surface area contributed by atoms with Crippen LogP contribution in [0, 0.1) is 12.8 Å². The minimum atomic E-state index is -0.222. The van der Waals surface area contributed by atoms with E-state index in [1.54, 1.807) is 17.3 Å². The second-order valence-corrected chi connectivity index (χ2v) is 6.45. The number of aryl methyl sites for hydroxylation is 1. The third-order valence-corrected chi connectivity index (χ3v) is 4.64. The van der Waals surface area contributed by atoms with Crippen LogP contribution in [0.3, 0.4) is 0 Å². The Balaban J connectivity index is 1.56. The van der Waals surface area contributed by atoms with E-state index in [4.69, 9.17) is 9.47 Å². The number of nitrogens with one attached hydrogen (secondary N) is 1. The minimum Gasteiger partial charge on any atom is -0.491 e. The summed E-state index contributed by atoms with van der Waals surface area (Å²) < 4.78 is 11.7. The molecular formula is C19H25N3O3. The molecule has 1 aromatic carbocycles. The number of aromatic amines is 1. The fourth-order valence-electron chi connectivity index (χ4n) is 3.18. The summed E-state index contributed by atoms with van der Waals surface area (Å²) in [5.41, 5.74) is 2.03. The largest absolute Gasteiger partial charge is 0.491 e. The molecule has 0 aliphatic carbocycles. The van der Waals surface area contributed by atoms with E-state index in [1.807, 2.05) is 38.2 Å². The van der Waals surface area contributed by atoms with E-state index in [-0.39, 0.29) is 17.9 Å². The molecule has 0 spiro atoms. The minimum absolute atomic E-state index is 0.0966. The Morgan fingerprint density at radius 1 is 1.44 bits per heavy atom. The molecule has 0 bridgehead atoms. The summed E-state index contributed by atoms with van der Waals surface area (Å²) in [6.45, 7) is 3.71. The lowest BCUT2D eigenvalue weighted by Crippen LogP contribution is -2.40. The van der Waals surface area contributed by atoms with Crippen LogP contribution in [0.1, 0.15) is 30.1 Å². The molecule has 0 unspecified atom stereocenters. The zero-order valence-corrected chi connectivity index (χ0v) is 14.8. The first-order valence-corrected chi connectivity index (χ1v) is 8.70. The van der Waals surface area contributed by atoms with Gasteiger partial charge in [0.05, 0.1) is 24.8 Å². The number of carbonyl (C=O) groups is 1. The van der Waals surface area contributed by atoms with Crippen molar-refractivity contribution in [3.8, 4) is 5.75 Å². The van der Waals surface area contributed by atoms with Crippen LogP contribution in [0.5, 0.6) is 5.75 Å². The molecule has 1 aromatic heterocycles. The van der Waals surface area contributed by atoms with Crippen LogP contribution < -0.4 is 4.74 Å². The van der Waals surface area contributed by atoms with Crippen molar-refractivity contribution in [1.82, 2.24) is 15.1 Å². The summed E-state index contributed by atoms with van der Waals surface area (Å²) in [7, 11) is 1.82. The number of hydrogen-bond acceptors (Lipinski definition) is 4. The number of H-pyrrole nitrogens is 1. The summed E-state index contributed by atoms with van der Waals surface area (Å²) in [4.78, 5) is 14.6. The molecule has 1 aliphatic rings. The van der Waals surface area contributed by atoms with Crippen molar-refractivity contribution in [3.05, 3.63) is 47.8 Å². The fraction of sp³-hybridized carbons (Fsp3) is 0.474. The normalized spacial score (nSPS) is 20.2. The molecule has 6 heteroatoms. The van der Waals surface area contributed by atoms with Gasteiger partial charge in [-0.1, -0.05) is 18.2 Å². The molecule has 2 aromatic rings. The van der Waals surface area contributed by atoms with E-state index in [9.17, 15) is 4.79 Å². The first kappa shape index (κ1) is 17.5. The quantitative estimate of drug-likeness (QED) is 0.876. The zero-order chi connectivity index (χ0) is 17.6. The summed E-state index contributed by atoms with van der Waals surface area (Å²) in [5, 5.41) is 6.78. The molecule has 2 atom stereocenters. The molecule has 2 heterocycles. The number of para-hydroxylation sites is 1. The lowest BCUT2D eigenvalue weighted by molar-refractivity contribution is -0.144. The van der Waals surface area contributed by atoms with Gasteiger partial charge in [-0.3, -0.25) is 9.89 Å². The second kappa shape index (κ2) is 8.16. The van der Waals surface area contributed by atoms with Crippen LogP contribution in [0.15, 0.2) is 36.7 Å². The van der Waals surface area contributed by atoms with E-state index in [2.05, 4.69) is 10.2 Å². The van der Waals surface area contributed by atoms with Gasteiger partial charge in [0.15, 0.2) is 0 Å². The number of rotatable bonds is 6. The van der Waals surface area contributed by atoms with Crippen molar-refractivity contribution in [2.75, 3.05) is 26.8 Å². The van der Waals surface area contributed by atoms with Gasteiger partial charge in [0.1, 0.15) is 12.4 Å². The van der Waals surface area contributed by atoms with Gasteiger partial charge in [-0.15, -0.1) is 0 Å². The lowest BCUT2D eigenvalue weighted by Gasteiger charge is -2.33. The van der Waals surface area contributed by atoms with Crippen LogP contribution >= 0.6 is 0 Å². The number of hydrogen-bond donors (Lipinski definition) is 1. The van der Waals surface area contributed by atoms with E-state index < -0.39 is 0 Å². The van der Waals surface area contributed by atoms with Crippen molar-refractivity contribution < 1.29 is 14.3 Å². The first-order valence-electron chi connectivity index (χ1n) is 8.70. The zero-order valence-electron chi connectivity index (χ0n) is 14.8. The molecule has 1 fully saturated rings. The van der Waals surface area contributed by atoms with E-state index in [0.29, 0.717) is 19.8 Å². The first-order chi connectivity index (χ1) is 12.2. The van der Waals surface area contributed by atoms with E-state index >= 15 is 0 Å². The van der Waals surface area contributed by atoms with Gasteiger partial charge in [-0.05, 0) is 31.4 Å². The van der Waals surface area contributed by atoms with Gasteiger partial charge < -0.3 is 14.4 Å². The second-order valence-electron chi connectivity index (χ2n) is 6.45. The molecule has 3 rings (SSSR count). The highest BCUT2D eigenvalue weighted by atomic mass is 16.5. The Hall–Kier alpha value is -2.34. The Bertz CT molecular complexity index is 687. The van der Waals surface area contributed by atoms with Crippen LogP contribution in [-0.2, 0) is 9.53 Å². The van der Waals surface area contributed by atoms with Crippen LogP contribution in [0.4, 0.5) is 0 Å². The number of likely N-dealkylation sites (N-methyl/N-ethyl adjacent to an activating group) is 1. The van der Waals surface area contributed by atoms with Crippen molar-refractivity contribution in [3.63, 3.8) is 0 Å².